The molecule has 8 rings (SSSR count). The van der Waals surface area contributed by atoms with Gasteiger partial charge >= 0.3 is 183 Å². The largest absolute Gasteiger partial charge is 1.00 e. The number of urea groups is 1. The van der Waals surface area contributed by atoms with Crippen LogP contribution in [0.2, 0.25) is 0 Å². The van der Waals surface area contributed by atoms with Gasteiger partial charge in [0, 0.05) is 11.4 Å². The second-order valence-electron chi connectivity index (χ2n) is 16.2. The van der Waals surface area contributed by atoms with Gasteiger partial charge in [-0.3, -0.25) is 0 Å². The van der Waals surface area contributed by atoms with Gasteiger partial charge < -0.3 is 38.0 Å². The Morgan fingerprint density at radius 1 is 0.279 bits per heavy atom. The number of hydrogen-bond acceptors (Lipinski definition) is 27. The molecule has 0 atom stereocenters. The molecule has 2 N–H and O–H groups in total. The molecule has 0 unspecified atom stereocenters. The topological polar surface area (TPSA) is 483 Å². The number of carbonyl (C=O) groups is 1. The second-order valence-corrected chi connectivity index (χ2v) is 24.3. The van der Waals surface area contributed by atoms with Gasteiger partial charge in [0.2, 0.25) is 0 Å². The van der Waals surface area contributed by atoms with E-state index in [0.29, 0.717) is 0 Å². The minimum atomic E-state index is -5.35. The summed E-state index contributed by atoms with van der Waals surface area (Å²) in [6.07, 6.45) is 0. The maximum absolute atomic E-state index is 13.2. The fraction of sp³-hybridized carbons (Fsp3) is 0. The standard InChI is InChI=1S/C45H32N10O19S6.6Na/c56-45(46-31-3-1-25-19-39(41(77(63,64)65)21-27(25)17-31)54-52-37-15-9-33(23-43(37)79(69,70)71)50-48-29-5-11-35(12-6-29)75(57,58)59)47-32-4-2-26-20-40(42(78(66,67)68)22-28(26)18-32)55-53-38-16-10-34(24-44(38)80(72,73)74)51-49-30-7-13-36(14-8-30)76(60,61)62;;;;;;/h1-24H,(H2,46,47,56)(H,57,58,59)(H,60,61,62)(H,63,64,65)(H,66,67,68)(H,69,70,71)(H,72,73,74);;;;;;/q;6*+1/p-6. The van der Waals surface area contributed by atoms with Crippen LogP contribution < -0.4 is 188 Å². The number of benzene rings is 8. The molecule has 0 aliphatic rings. The van der Waals surface area contributed by atoms with Crippen molar-refractivity contribution in [2.75, 3.05) is 10.6 Å². The van der Waals surface area contributed by atoms with E-state index >= 15 is 0 Å². The number of fused-ring (bicyclic) bond motifs is 2. The average Bonchev–Trinajstić information content (AvgIpc) is 1.92. The van der Waals surface area contributed by atoms with Gasteiger partial charge in [-0.2, -0.15) is 20.5 Å². The molecule has 0 saturated carbocycles. The molecule has 412 valence electrons. The third-order valence-corrected chi connectivity index (χ3v) is 15.8. The molecule has 29 nitrogen and oxygen atoms in total. The number of anilines is 2. The molecule has 8 aromatic rings. The van der Waals surface area contributed by atoms with Crippen molar-refractivity contribution in [3.8, 4) is 0 Å². The van der Waals surface area contributed by atoms with Crippen molar-refractivity contribution in [2.24, 2.45) is 40.9 Å². The Kier molecular flexibility index (Phi) is 29.7. The molecule has 0 radical (unpaired) electrons. The number of amides is 2. The van der Waals surface area contributed by atoms with Crippen molar-refractivity contribution in [1.82, 2.24) is 0 Å². The molecule has 0 aliphatic heterocycles. The van der Waals surface area contributed by atoms with Gasteiger partial charge in [0.1, 0.15) is 83.5 Å². The first-order valence-electron chi connectivity index (χ1n) is 21.4. The summed E-state index contributed by atoms with van der Waals surface area (Å²) in [6, 6.07) is 25.1. The third kappa shape index (κ3) is 21.2. The monoisotopic (exact) mass is 1340 g/mol. The van der Waals surface area contributed by atoms with E-state index in [2.05, 4.69) is 51.5 Å². The summed E-state index contributed by atoms with van der Waals surface area (Å²) in [5.41, 5.74) is -2.69. The van der Waals surface area contributed by atoms with Gasteiger partial charge in [-0.25, -0.2) is 55.3 Å². The summed E-state index contributed by atoms with van der Waals surface area (Å²) < 4.78 is 215. The van der Waals surface area contributed by atoms with Crippen molar-refractivity contribution in [3.05, 3.63) is 146 Å². The van der Waals surface area contributed by atoms with E-state index < -0.39 is 119 Å². The van der Waals surface area contributed by atoms with Gasteiger partial charge in [0.15, 0.2) is 0 Å². The first-order valence-corrected chi connectivity index (χ1v) is 29.9. The summed E-state index contributed by atoms with van der Waals surface area (Å²) in [4.78, 5) is 8.22. The van der Waals surface area contributed by atoms with E-state index in [1.54, 1.807) is 0 Å². The first-order chi connectivity index (χ1) is 37.3. The average molecular weight is 1340 g/mol. The molecule has 0 bridgehead atoms. The zero-order valence-electron chi connectivity index (χ0n) is 45.1. The number of nitrogens with one attached hydrogen (secondary N) is 2. The molecule has 0 aromatic heterocycles. The molecular formula is C45H26N10Na6O19S6. The Balaban J connectivity index is 0.00000420. The zero-order valence-corrected chi connectivity index (χ0v) is 62.0. The fourth-order valence-corrected chi connectivity index (χ4v) is 10.5. The molecule has 86 heavy (non-hydrogen) atoms. The molecule has 2 amide bonds. The first kappa shape index (κ1) is 79.5. The van der Waals surface area contributed by atoms with Crippen LogP contribution in [0.1, 0.15) is 0 Å². The van der Waals surface area contributed by atoms with E-state index in [1.807, 2.05) is 0 Å². The van der Waals surface area contributed by atoms with Crippen molar-refractivity contribution in [1.29, 1.82) is 0 Å². The molecule has 0 saturated heterocycles. The maximum atomic E-state index is 13.2. The van der Waals surface area contributed by atoms with E-state index in [-0.39, 0.29) is 233 Å². The zero-order chi connectivity index (χ0) is 58.2. The summed E-state index contributed by atoms with van der Waals surface area (Å²) in [6.45, 7) is 0. The van der Waals surface area contributed by atoms with Crippen LogP contribution in [0.5, 0.6) is 0 Å². The van der Waals surface area contributed by atoms with E-state index in [4.69, 9.17) is 0 Å². The Morgan fingerprint density at radius 2 is 0.558 bits per heavy atom. The van der Waals surface area contributed by atoms with Crippen LogP contribution in [0.4, 0.5) is 61.7 Å². The second kappa shape index (κ2) is 32.1. The van der Waals surface area contributed by atoms with Crippen molar-refractivity contribution in [2.45, 2.75) is 29.4 Å². The Hall–Kier alpha value is -2.59. The minimum Gasteiger partial charge on any atom is -0.744 e. The minimum absolute atomic E-state index is 0. The van der Waals surface area contributed by atoms with Crippen LogP contribution in [-0.2, 0) is 60.7 Å². The van der Waals surface area contributed by atoms with Crippen LogP contribution in [0.15, 0.2) is 216 Å². The van der Waals surface area contributed by atoms with Gasteiger partial charge in [0.25, 0.3) is 0 Å². The van der Waals surface area contributed by atoms with Crippen LogP contribution in [-0.4, -0.2) is 83.9 Å². The van der Waals surface area contributed by atoms with Crippen molar-refractivity contribution < 1.29 is 260 Å². The van der Waals surface area contributed by atoms with Gasteiger partial charge in [0.05, 0.1) is 52.1 Å². The third-order valence-electron chi connectivity index (χ3n) is 10.7. The predicted octanol–water partition coefficient (Wildman–Crippen LogP) is -9.25. The SMILES string of the molecule is O=C(Nc1ccc2cc(N=Nc3ccc(N=Nc4ccc(S(=O)(=O)[O-])cc4)cc3S(=O)(=O)[O-])c(S(=O)(=O)[O-])cc2c1)Nc1ccc2cc(N=Nc3ccc(N=Nc4ccc(S(=O)(=O)[O-])cc4)cc3S(=O)(=O)[O-])c(S(=O)(=O)[O-])cc2c1.[Na+].[Na+].[Na+].[Na+].[Na+].[Na+]. The van der Waals surface area contributed by atoms with Gasteiger partial charge in [-0.05, 0) is 155 Å². The molecule has 41 heteroatoms. The smallest absolute Gasteiger partial charge is 0.744 e. The Bertz CT molecular complexity index is 4450. The van der Waals surface area contributed by atoms with E-state index in [1.165, 1.54) is 36.4 Å². The normalized spacial score (nSPS) is 12.2. The number of nitrogens with zero attached hydrogens (tertiary/aromatic N) is 8. The quantitative estimate of drug-likeness (QED) is 0.0515. The number of rotatable bonds is 16. The maximum Gasteiger partial charge on any atom is 1.00 e. The Labute approximate surface area is 622 Å². The van der Waals surface area contributed by atoms with Crippen LogP contribution >= 0.6 is 0 Å². The van der Waals surface area contributed by atoms with Crippen LogP contribution in [0.25, 0.3) is 21.5 Å². The predicted molar refractivity (Wildman–Crippen MR) is 271 cm³/mol. The summed E-state index contributed by atoms with van der Waals surface area (Å²) in [7, 11) is -30.9. The Morgan fingerprint density at radius 3 is 0.860 bits per heavy atom. The molecule has 0 fully saturated rings. The number of hydrogen-bond donors (Lipinski definition) is 2. The van der Waals surface area contributed by atoms with Gasteiger partial charge in [-0.1, -0.05) is 12.1 Å². The number of azo groups is 4. The van der Waals surface area contributed by atoms with Crippen molar-refractivity contribution >= 4 is 145 Å². The molecule has 8 aromatic carbocycles. The van der Waals surface area contributed by atoms with Crippen LogP contribution in [0.3, 0.4) is 0 Å². The van der Waals surface area contributed by atoms with Crippen molar-refractivity contribution in [3.63, 3.8) is 0 Å². The molecule has 0 heterocycles. The van der Waals surface area contributed by atoms with Crippen LogP contribution in [0, 0.1) is 0 Å². The molecule has 0 spiro atoms. The van der Waals surface area contributed by atoms with Gasteiger partial charge in [-0.15, -0.1) is 20.5 Å². The molecular weight excluding hydrogens is 1310 g/mol. The molecule has 0 aliphatic carbocycles. The van der Waals surface area contributed by atoms with E-state index in [9.17, 15) is 82.6 Å². The van der Waals surface area contributed by atoms with E-state index in [0.717, 1.165) is 109 Å². The fourth-order valence-electron chi connectivity index (χ4n) is 7.04. The summed E-state index contributed by atoms with van der Waals surface area (Å²) >= 11 is 0. The summed E-state index contributed by atoms with van der Waals surface area (Å²) in [5.74, 6) is 0. The number of carbonyl (C=O) groups excluding carboxylic acids is 1. The summed E-state index contributed by atoms with van der Waals surface area (Å²) in [5, 5.41) is 35.6.